The van der Waals surface area contributed by atoms with E-state index in [9.17, 15) is 18.7 Å². The first-order valence-electron chi connectivity index (χ1n) is 6.84. The van der Waals surface area contributed by atoms with Gasteiger partial charge in [-0.25, -0.2) is 9.78 Å². The monoisotopic (exact) mass is 311 g/mol. The number of ether oxygens (including phenoxy) is 1. The molecule has 0 aromatic carbocycles. The zero-order valence-electron chi connectivity index (χ0n) is 11.8. The van der Waals surface area contributed by atoms with Gasteiger partial charge in [-0.3, -0.25) is 0 Å². The van der Waals surface area contributed by atoms with Crippen molar-refractivity contribution in [2.45, 2.75) is 38.0 Å². The van der Waals surface area contributed by atoms with Crippen LogP contribution >= 0.6 is 0 Å². The van der Waals surface area contributed by atoms with Crippen LogP contribution < -0.4 is 15.4 Å². The summed E-state index contributed by atoms with van der Waals surface area (Å²) in [5.41, 5.74) is -1.23. The molecular formula is C13H16BF2N3O3. The number of aliphatic hydroxyl groups is 1. The zero-order chi connectivity index (χ0) is 16.2. The number of urea groups is 1. The number of rotatable bonds is 6. The Balaban J connectivity index is 1.83. The molecule has 118 valence electrons. The Labute approximate surface area is 127 Å². The number of hydrogen-bond acceptors (Lipinski definition) is 4. The molecule has 0 bridgehead atoms. The maximum absolute atomic E-state index is 12.1. The second-order valence-corrected chi connectivity index (χ2v) is 5.14. The first-order chi connectivity index (χ1) is 10.4. The minimum atomic E-state index is -2.96. The highest BCUT2D eigenvalue weighted by atomic mass is 19.3. The van der Waals surface area contributed by atoms with Crippen molar-refractivity contribution < 1.29 is 23.4 Å². The lowest BCUT2D eigenvalue weighted by atomic mass is 9.68. The van der Waals surface area contributed by atoms with E-state index in [1.54, 1.807) is 6.07 Å². The summed E-state index contributed by atoms with van der Waals surface area (Å²) in [6, 6.07) is 2.18. The predicted octanol–water partition coefficient (Wildman–Crippen LogP) is 1.10. The molecule has 0 aliphatic heterocycles. The van der Waals surface area contributed by atoms with E-state index in [0.717, 1.165) is 19.3 Å². The van der Waals surface area contributed by atoms with E-state index in [4.69, 9.17) is 7.85 Å². The second-order valence-electron chi connectivity index (χ2n) is 5.14. The maximum atomic E-state index is 12.1. The molecule has 0 saturated heterocycles. The van der Waals surface area contributed by atoms with E-state index in [-0.39, 0.29) is 18.3 Å². The first-order valence-corrected chi connectivity index (χ1v) is 6.84. The molecule has 22 heavy (non-hydrogen) atoms. The lowest BCUT2D eigenvalue weighted by Crippen LogP contribution is -2.58. The Bertz CT molecular complexity index is 527. The minimum absolute atomic E-state index is 0.0503. The molecule has 1 fully saturated rings. The van der Waals surface area contributed by atoms with Gasteiger partial charge in [0.05, 0.1) is 5.62 Å². The summed E-state index contributed by atoms with van der Waals surface area (Å²) < 4.78 is 28.3. The van der Waals surface area contributed by atoms with Crippen molar-refractivity contribution >= 4 is 13.9 Å². The Kier molecular flexibility index (Phi) is 5.17. The Morgan fingerprint density at radius 1 is 1.59 bits per heavy atom. The number of pyridine rings is 1. The molecule has 1 aromatic rings. The average Bonchev–Trinajstić information content (AvgIpc) is 2.32. The Morgan fingerprint density at radius 3 is 2.91 bits per heavy atom. The van der Waals surface area contributed by atoms with Crippen LogP contribution in [0.25, 0.3) is 0 Å². The van der Waals surface area contributed by atoms with Crippen molar-refractivity contribution in [2.75, 3.05) is 0 Å². The van der Waals surface area contributed by atoms with Gasteiger partial charge in [0.2, 0.25) is 5.88 Å². The number of aromatic nitrogens is 1. The fourth-order valence-corrected chi connectivity index (χ4v) is 2.07. The molecule has 1 heterocycles. The lowest BCUT2D eigenvalue weighted by Gasteiger charge is -2.39. The first kappa shape index (κ1) is 16.5. The van der Waals surface area contributed by atoms with E-state index in [1.165, 1.54) is 12.3 Å². The summed E-state index contributed by atoms with van der Waals surface area (Å²) in [5, 5.41) is 14.7. The zero-order valence-corrected chi connectivity index (χ0v) is 11.8. The second kappa shape index (κ2) is 6.91. The fraction of sp³-hybridized carbons (Fsp3) is 0.538. The van der Waals surface area contributed by atoms with Gasteiger partial charge in [0.15, 0.2) is 0 Å². The number of amides is 2. The number of hydrogen-bond donors (Lipinski definition) is 3. The van der Waals surface area contributed by atoms with E-state index in [0.29, 0.717) is 5.56 Å². The minimum Gasteiger partial charge on any atom is -0.417 e. The van der Waals surface area contributed by atoms with Gasteiger partial charge in [-0.2, -0.15) is 8.78 Å². The predicted molar refractivity (Wildman–Crippen MR) is 74.3 cm³/mol. The standard InChI is InChI=1S/C13H16BF2N3O3/c14-13(21,9-2-1-3-9)19-12(20)18-7-8-4-5-17-10(6-8)22-11(15)16/h4-6,9,11,21H,1-3,7H2,(H2,18,19,20). The van der Waals surface area contributed by atoms with E-state index in [2.05, 4.69) is 20.4 Å². The Hall–Kier alpha value is -1.90. The van der Waals surface area contributed by atoms with Crippen LogP contribution in [0.4, 0.5) is 13.6 Å². The van der Waals surface area contributed by atoms with Gasteiger partial charge < -0.3 is 20.5 Å². The van der Waals surface area contributed by atoms with E-state index in [1.807, 2.05) is 0 Å². The topological polar surface area (TPSA) is 83.5 Å². The number of nitrogens with one attached hydrogen (secondary N) is 2. The molecule has 0 spiro atoms. The summed E-state index contributed by atoms with van der Waals surface area (Å²) in [4.78, 5) is 15.3. The summed E-state index contributed by atoms with van der Waals surface area (Å²) in [7, 11) is 5.64. The van der Waals surface area contributed by atoms with Gasteiger partial charge in [-0.15, -0.1) is 0 Å². The molecule has 2 rings (SSSR count). The molecule has 1 aliphatic carbocycles. The number of carbonyl (C=O) groups excluding carboxylic acids is 1. The summed E-state index contributed by atoms with van der Waals surface area (Å²) in [6.45, 7) is -2.91. The Morgan fingerprint density at radius 2 is 2.32 bits per heavy atom. The third kappa shape index (κ3) is 4.55. The summed E-state index contributed by atoms with van der Waals surface area (Å²) >= 11 is 0. The van der Waals surface area contributed by atoms with Gasteiger partial charge in [0, 0.05) is 18.8 Å². The highest BCUT2D eigenvalue weighted by molar-refractivity contribution is 6.15. The van der Waals surface area contributed by atoms with Crippen molar-refractivity contribution in [1.29, 1.82) is 0 Å². The van der Waals surface area contributed by atoms with Crippen LogP contribution in [-0.2, 0) is 6.54 Å². The van der Waals surface area contributed by atoms with Crippen molar-refractivity contribution in [3.05, 3.63) is 23.9 Å². The average molecular weight is 311 g/mol. The molecule has 2 amide bonds. The molecule has 9 heteroatoms. The summed E-state index contributed by atoms with van der Waals surface area (Å²) in [5.74, 6) is -0.398. The molecule has 1 aromatic heterocycles. The molecule has 6 nitrogen and oxygen atoms in total. The van der Waals surface area contributed by atoms with Crippen molar-refractivity contribution in [3.8, 4) is 5.88 Å². The summed E-state index contributed by atoms with van der Waals surface area (Å²) in [6.07, 6.45) is 3.77. The number of carbonyl (C=O) groups is 1. The van der Waals surface area contributed by atoms with Crippen LogP contribution in [0, 0.1) is 5.92 Å². The van der Waals surface area contributed by atoms with Gasteiger partial charge in [-0.1, -0.05) is 6.42 Å². The molecule has 1 atom stereocenters. The van der Waals surface area contributed by atoms with Gasteiger partial charge in [0.1, 0.15) is 7.85 Å². The number of alkyl halides is 2. The number of halogens is 2. The van der Waals surface area contributed by atoms with Crippen LogP contribution in [0.15, 0.2) is 18.3 Å². The highest BCUT2D eigenvalue weighted by Crippen LogP contribution is 2.32. The third-order valence-corrected chi connectivity index (χ3v) is 3.50. The van der Waals surface area contributed by atoms with Crippen LogP contribution in [0.2, 0.25) is 0 Å². The normalized spacial score (nSPS) is 17.5. The van der Waals surface area contributed by atoms with Gasteiger partial charge in [-0.05, 0) is 30.4 Å². The van der Waals surface area contributed by atoms with Gasteiger partial charge >= 0.3 is 12.6 Å². The van der Waals surface area contributed by atoms with Crippen molar-refractivity contribution in [3.63, 3.8) is 0 Å². The molecule has 3 N–H and O–H groups in total. The van der Waals surface area contributed by atoms with Crippen molar-refractivity contribution in [2.24, 2.45) is 5.92 Å². The fourth-order valence-electron chi connectivity index (χ4n) is 2.07. The molecule has 2 radical (unpaired) electrons. The molecular weight excluding hydrogens is 295 g/mol. The van der Waals surface area contributed by atoms with Crippen molar-refractivity contribution in [1.82, 2.24) is 15.6 Å². The van der Waals surface area contributed by atoms with Crippen LogP contribution in [-0.4, -0.2) is 36.2 Å². The van der Waals surface area contributed by atoms with E-state index < -0.39 is 18.3 Å². The van der Waals surface area contributed by atoms with E-state index >= 15 is 0 Å². The lowest BCUT2D eigenvalue weighted by molar-refractivity contribution is -0.0529. The van der Waals surface area contributed by atoms with Crippen LogP contribution in [0.1, 0.15) is 24.8 Å². The maximum Gasteiger partial charge on any atom is 0.388 e. The molecule has 1 aliphatic rings. The highest BCUT2D eigenvalue weighted by Gasteiger charge is 2.36. The smallest absolute Gasteiger partial charge is 0.388 e. The molecule has 1 saturated carbocycles. The molecule has 1 unspecified atom stereocenters. The third-order valence-electron chi connectivity index (χ3n) is 3.50. The quantitative estimate of drug-likeness (QED) is 0.542. The number of nitrogens with zero attached hydrogens (tertiary/aromatic N) is 1. The van der Waals surface area contributed by atoms with Crippen LogP contribution in [0.3, 0.4) is 0 Å². The largest absolute Gasteiger partial charge is 0.417 e. The van der Waals surface area contributed by atoms with Crippen LogP contribution in [0.5, 0.6) is 5.88 Å². The van der Waals surface area contributed by atoms with Gasteiger partial charge in [0.25, 0.3) is 0 Å². The SMILES string of the molecule is [B]C(O)(NC(=O)NCc1ccnc(OC(F)F)c1)C1CCC1.